The molecule has 1 rings (SSSR count). The zero-order valence-corrected chi connectivity index (χ0v) is 8.13. The Morgan fingerprint density at radius 1 is 1.67 bits per heavy atom. The van der Waals surface area contributed by atoms with Gasteiger partial charge in [-0.2, -0.15) is 0 Å². The summed E-state index contributed by atoms with van der Waals surface area (Å²) in [5, 5.41) is 9.81. The molecule has 0 saturated carbocycles. The van der Waals surface area contributed by atoms with Gasteiger partial charge >= 0.3 is 0 Å². The highest BCUT2D eigenvalue weighted by Gasteiger charge is 2.40. The summed E-state index contributed by atoms with van der Waals surface area (Å²) in [4.78, 5) is 0. The Hall–Kier alpha value is -0.340. The summed E-state index contributed by atoms with van der Waals surface area (Å²) in [5.41, 5.74) is 0.689. The van der Waals surface area contributed by atoms with Gasteiger partial charge in [0.2, 0.25) is 0 Å². The van der Waals surface area contributed by atoms with Crippen LogP contribution in [-0.2, 0) is 4.74 Å². The number of hydrogen-bond donors (Lipinski definition) is 1. The first-order valence-corrected chi connectivity index (χ1v) is 4.50. The minimum Gasteiger partial charge on any atom is -0.387 e. The van der Waals surface area contributed by atoms with Crippen molar-refractivity contribution in [1.82, 2.24) is 0 Å². The van der Waals surface area contributed by atoms with Gasteiger partial charge in [0.25, 0.3) is 0 Å². The van der Waals surface area contributed by atoms with Crippen molar-refractivity contribution >= 4 is 0 Å². The zero-order chi connectivity index (χ0) is 9.19. The lowest BCUT2D eigenvalue weighted by Gasteiger charge is -2.19. The molecule has 70 valence electrons. The molecule has 0 unspecified atom stereocenters. The van der Waals surface area contributed by atoms with Gasteiger partial charge in [-0.3, -0.25) is 0 Å². The minimum absolute atomic E-state index is 0.0862. The summed E-state index contributed by atoms with van der Waals surface area (Å²) >= 11 is 0. The fourth-order valence-electron chi connectivity index (χ4n) is 1.22. The van der Waals surface area contributed by atoms with Crippen LogP contribution in [0.15, 0.2) is 11.6 Å². The average Bonchev–Trinajstić information content (AvgIpc) is 2.65. The topological polar surface area (TPSA) is 32.8 Å². The molecule has 0 aromatic rings. The summed E-state index contributed by atoms with van der Waals surface area (Å²) in [5.74, 6) is 0. The van der Waals surface area contributed by atoms with Crippen LogP contribution in [0.1, 0.15) is 33.6 Å². The molecule has 2 heteroatoms. The predicted molar refractivity (Wildman–Crippen MR) is 49.0 cm³/mol. The second kappa shape index (κ2) is 3.58. The van der Waals surface area contributed by atoms with Crippen LogP contribution >= 0.6 is 0 Å². The smallest absolute Gasteiger partial charge is 0.109 e. The molecule has 1 heterocycles. The number of aliphatic hydroxyl groups is 1. The van der Waals surface area contributed by atoms with Crippen LogP contribution in [0.25, 0.3) is 0 Å². The molecule has 1 aliphatic heterocycles. The monoisotopic (exact) mass is 170 g/mol. The summed E-state index contributed by atoms with van der Waals surface area (Å²) in [6, 6.07) is 0. The van der Waals surface area contributed by atoms with Crippen LogP contribution in [0.2, 0.25) is 0 Å². The molecule has 0 radical (unpaired) electrons. The van der Waals surface area contributed by atoms with Gasteiger partial charge in [-0.1, -0.05) is 11.6 Å². The molecule has 1 aliphatic rings. The van der Waals surface area contributed by atoms with Crippen molar-refractivity contribution in [2.45, 2.75) is 45.3 Å². The number of ether oxygens (including phenoxy) is 1. The van der Waals surface area contributed by atoms with Crippen molar-refractivity contribution < 1.29 is 9.84 Å². The van der Waals surface area contributed by atoms with Crippen LogP contribution in [0.5, 0.6) is 0 Å². The normalized spacial score (nSPS) is 26.2. The molecule has 1 N–H and O–H groups in total. The minimum atomic E-state index is -0.619. The van der Waals surface area contributed by atoms with Crippen LogP contribution in [0.4, 0.5) is 0 Å². The van der Waals surface area contributed by atoms with E-state index in [0.717, 1.165) is 19.4 Å². The molecule has 1 fully saturated rings. The molecule has 12 heavy (non-hydrogen) atoms. The van der Waals surface area contributed by atoms with Gasteiger partial charge in [-0.05, 0) is 33.6 Å². The van der Waals surface area contributed by atoms with E-state index in [2.05, 4.69) is 19.9 Å². The molecule has 2 nitrogen and oxygen atoms in total. The molecule has 0 aromatic carbocycles. The van der Waals surface area contributed by atoms with Crippen LogP contribution in [0.3, 0.4) is 0 Å². The Labute approximate surface area is 74.2 Å². The van der Waals surface area contributed by atoms with E-state index in [9.17, 15) is 5.11 Å². The number of epoxide rings is 1. The molecule has 2 atom stereocenters. The van der Waals surface area contributed by atoms with Gasteiger partial charge in [0.05, 0.1) is 12.2 Å². The Kier molecular flexibility index (Phi) is 2.91. The van der Waals surface area contributed by atoms with E-state index in [1.165, 1.54) is 5.57 Å². The first-order valence-electron chi connectivity index (χ1n) is 4.50. The third kappa shape index (κ3) is 2.95. The summed E-state index contributed by atoms with van der Waals surface area (Å²) in [7, 11) is 0. The zero-order valence-electron chi connectivity index (χ0n) is 8.13. The van der Waals surface area contributed by atoms with Crippen molar-refractivity contribution in [1.29, 1.82) is 0 Å². The van der Waals surface area contributed by atoms with Crippen LogP contribution < -0.4 is 0 Å². The lowest BCUT2D eigenvalue weighted by atomic mass is 9.96. The lowest BCUT2D eigenvalue weighted by molar-refractivity contribution is 0.0225. The van der Waals surface area contributed by atoms with Gasteiger partial charge < -0.3 is 9.84 Å². The quantitative estimate of drug-likeness (QED) is 0.516. The van der Waals surface area contributed by atoms with Crippen LogP contribution in [-0.4, -0.2) is 23.4 Å². The lowest BCUT2D eigenvalue weighted by Crippen LogP contribution is -2.30. The maximum Gasteiger partial charge on any atom is 0.109 e. The average molecular weight is 170 g/mol. The second-order valence-corrected chi connectivity index (χ2v) is 4.00. The summed E-state index contributed by atoms with van der Waals surface area (Å²) in [6.45, 7) is 6.72. The molecule has 0 aromatic heterocycles. The molecule has 1 saturated heterocycles. The highest BCUT2D eigenvalue weighted by atomic mass is 16.6. The predicted octanol–water partition coefficient (Wildman–Crippen LogP) is 1.88. The number of allylic oxidation sites excluding steroid dienone is 2. The van der Waals surface area contributed by atoms with Gasteiger partial charge in [0.15, 0.2) is 0 Å². The molecular formula is C10H18O2. The van der Waals surface area contributed by atoms with E-state index in [1.54, 1.807) is 0 Å². The molecule has 0 amide bonds. The second-order valence-electron chi connectivity index (χ2n) is 4.00. The van der Waals surface area contributed by atoms with Gasteiger partial charge in [-0.25, -0.2) is 0 Å². The van der Waals surface area contributed by atoms with E-state index < -0.39 is 5.60 Å². The summed E-state index contributed by atoms with van der Waals surface area (Å²) < 4.78 is 5.06. The van der Waals surface area contributed by atoms with Crippen molar-refractivity contribution in [3.05, 3.63) is 11.6 Å². The van der Waals surface area contributed by atoms with Crippen molar-refractivity contribution in [3.8, 4) is 0 Å². The maximum absolute atomic E-state index is 9.81. The van der Waals surface area contributed by atoms with Gasteiger partial charge in [-0.15, -0.1) is 0 Å². The van der Waals surface area contributed by atoms with Gasteiger partial charge in [0, 0.05) is 0 Å². The standard InChI is InChI=1S/C10H18O2/c1-8(2)5-4-6-10(3,11)9-7-12-9/h5,9,11H,4,6-7H2,1-3H3/t9-,10-/m1/s1. The van der Waals surface area contributed by atoms with Crippen LogP contribution in [0, 0.1) is 0 Å². The highest BCUT2D eigenvalue weighted by Crippen LogP contribution is 2.28. The summed E-state index contributed by atoms with van der Waals surface area (Å²) in [6.07, 6.45) is 3.97. The fourth-order valence-corrected chi connectivity index (χ4v) is 1.22. The number of rotatable bonds is 4. The maximum atomic E-state index is 9.81. The van der Waals surface area contributed by atoms with E-state index in [0.29, 0.717) is 0 Å². The first-order chi connectivity index (χ1) is 5.52. The van der Waals surface area contributed by atoms with Crippen molar-refractivity contribution in [3.63, 3.8) is 0 Å². The molecule has 0 bridgehead atoms. The first kappa shape index (κ1) is 9.75. The van der Waals surface area contributed by atoms with E-state index in [-0.39, 0.29) is 6.10 Å². The Bertz CT molecular complexity index is 174. The number of hydrogen-bond acceptors (Lipinski definition) is 2. The Morgan fingerprint density at radius 3 is 2.67 bits per heavy atom. The largest absolute Gasteiger partial charge is 0.387 e. The van der Waals surface area contributed by atoms with E-state index in [1.807, 2.05) is 6.92 Å². The van der Waals surface area contributed by atoms with Gasteiger partial charge in [0.1, 0.15) is 6.10 Å². The highest BCUT2D eigenvalue weighted by molar-refractivity contribution is 4.97. The van der Waals surface area contributed by atoms with Crippen molar-refractivity contribution in [2.24, 2.45) is 0 Å². The molecule has 0 aliphatic carbocycles. The fraction of sp³-hybridized carbons (Fsp3) is 0.800. The SMILES string of the molecule is CC(C)=CCC[C@@](C)(O)[C@H]1CO1. The third-order valence-electron chi connectivity index (χ3n) is 2.23. The van der Waals surface area contributed by atoms with Crippen molar-refractivity contribution in [2.75, 3.05) is 6.61 Å². The Morgan fingerprint density at radius 2 is 2.25 bits per heavy atom. The molecular weight excluding hydrogens is 152 g/mol. The van der Waals surface area contributed by atoms with E-state index >= 15 is 0 Å². The van der Waals surface area contributed by atoms with E-state index in [4.69, 9.17) is 4.74 Å². The third-order valence-corrected chi connectivity index (χ3v) is 2.23. The Balaban J connectivity index is 2.25. The molecule has 0 spiro atoms.